The van der Waals surface area contributed by atoms with Crippen molar-refractivity contribution in [3.05, 3.63) is 66.6 Å². The third-order valence-electron chi connectivity index (χ3n) is 6.41. The molecule has 7 nitrogen and oxygen atoms in total. The van der Waals surface area contributed by atoms with Crippen molar-refractivity contribution in [2.75, 3.05) is 5.32 Å². The summed E-state index contributed by atoms with van der Waals surface area (Å²) < 4.78 is 0. The lowest BCUT2D eigenvalue weighted by atomic mass is 9.88. The first kappa shape index (κ1) is 21.8. The number of aromatic amines is 2. The van der Waals surface area contributed by atoms with Crippen LogP contribution in [0.5, 0.6) is 0 Å². The molecule has 3 N–H and O–H groups in total. The monoisotopic (exact) mass is 452 g/mol. The van der Waals surface area contributed by atoms with E-state index in [1.54, 1.807) is 18.5 Å². The third kappa shape index (κ3) is 4.41. The molecule has 34 heavy (non-hydrogen) atoms. The highest BCUT2D eigenvalue weighted by molar-refractivity contribution is 5.93. The Kier molecular flexibility index (Phi) is 6.08. The molecule has 0 aliphatic heterocycles. The maximum absolute atomic E-state index is 12.7. The van der Waals surface area contributed by atoms with Gasteiger partial charge in [-0.05, 0) is 49.6 Å². The van der Waals surface area contributed by atoms with Crippen LogP contribution in [0.3, 0.4) is 0 Å². The minimum absolute atomic E-state index is 0.0857. The largest absolute Gasteiger partial charge is 0.357 e. The topological polar surface area (TPSA) is 99.3 Å². The van der Waals surface area contributed by atoms with Crippen LogP contribution >= 0.6 is 0 Å². The van der Waals surface area contributed by atoms with Gasteiger partial charge >= 0.3 is 0 Å². The maximum atomic E-state index is 12.7. The number of nitrogens with one attached hydrogen (secondary N) is 3. The number of anilines is 1. The second-order valence-corrected chi connectivity index (χ2v) is 8.81. The van der Waals surface area contributed by atoms with E-state index in [1.807, 2.05) is 37.3 Å². The van der Waals surface area contributed by atoms with Gasteiger partial charge in [0.2, 0.25) is 5.91 Å². The van der Waals surface area contributed by atoms with E-state index in [-0.39, 0.29) is 11.8 Å². The molecule has 1 fully saturated rings. The van der Waals surface area contributed by atoms with E-state index in [9.17, 15) is 4.79 Å². The van der Waals surface area contributed by atoms with Crippen molar-refractivity contribution in [2.45, 2.75) is 39.0 Å². The Balaban J connectivity index is 1.44. The van der Waals surface area contributed by atoms with Crippen LogP contribution in [0.2, 0.25) is 0 Å². The number of hydrogen-bond acceptors (Lipinski definition) is 4. The second kappa shape index (κ2) is 9.47. The molecular weight excluding hydrogens is 424 g/mol. The third-order valence-corrected chi connectivity index (χ3v) is 6.41. The van der Waals surface area contributed by atoms with Crippen molar-refractivity contribution in [1.82, 2.24) is 25.1 Å². The van der Waals surface area contributed by atoms with Crippen molar-refractivity contribution in [3.63, 3.8) is 0 Å². The summed E-state index contributed by atoms with van der Waals surface area (Å²) in [6.45, 7) is 5.76. The minimum Gasteiger partial charge on any atom is -0.357 e. The highest BCUT2D eigenvalue weighted by Crippen LogP contribution is 2.30. The molecule has 7 heteroatoms. The van der Waals surface area contributed by atoms with Crippen LogP contribution in [0.15, 0.2) is 55.4 Å². The predicted octanol–water partition coefficient (Wildman–Crippen LogP) is 6.04. The molecule has 1 aliphatic rings. The molecule has 0 aromatic carbocycles. The summed E-state index contributed by atoms with van der Waals surface area (Å²) in [6.07, 6.45) is 14.5. The van der Waals surface area contributed by atoms with Gasteiger partial charge in [-0.3, -0.25) is 14.9 Å². The van der Waals surface area contributed by atoms with Gasteiger partial charge in [0.1, 0.15) is 11.2 Å². The number of carbonyl (C=O) groups excluding carboxylic acids is 1. The Morgan fingerprint density at radius 3 is 2.85 bits per heavy atom. The smallest absolute Gasteiger partial charge is 0.227 e. The van der Waals surface area contributed by atoms with Crippen LogP contribution in [0.4, 0.5) is 5.69 Å². The average Bonchev–Trinajstić information content (AvgIpc) is 3.46. The van der Waals surface area contributed by atoms with Gasteiger partial charge in [0, 0.05) is 23.4 Å². The molecule has 0 saturated heterocycles. The average molecular weight is 453 g/mol. The van der Waals surface area contributed by atoms with E-state index in [2.05, 4.69) is 38.1 Å². The lowest BCUT2D eigenvalue weighted by Gasteiger charge is -2.20. The summed E-state index contributed by atoms with van der Waals surface area (Å²) in [6, 6.07) is 7.89. The number of hydrogen-bond donors (Lipinski definition) is 3. The summed E-state index contributed by atoms with van der Waals surface area (Å²) in [5, 5.41) is 10.6. The number of aromatic nitrogens is 5. The quantitative estimate of drug-likeness (QED) is 0.311. The Hall–Kier alpha value is -4.00. The van der Waals surface area contributed by atoms with Crippen LogP contribution < -0.4 is 5.32 Å². The molecule has 4 aromatic rings. The first-order valence-corrected chi connectivity index (χ1v) is 11.7. The Bertz CT molecular complexity index is 1370. The van der Waals surface area contributed by atoms with Gasteiger partial charge in [-0.15, -0.1) is 0 Å². The number of nitrogens with zero attached hydrogens (tertiary/aromatic N) is 3. The highest BCUT2D eigenvalue weighted by atomic mass is 16.1. The summed E-state index contributed by atoms with van der Waals surface area (Å²) in [5.41, 5.74) is 7.70. The summed E-state index contributed by atoms with van der Waals surface area (Å²) in [5.74, 6) is 0.179. The zero-order valence-corrected chi connectivity index (χ0v) is 19.3. The van der Waals surface area contributed by atoms with Gasteiger partial charge in [-0.2, -0.15) is 5.10 Å². The zero-order valence-electron chi connectivity index (χ0n) is 19.3. The lowest BCUT2D eigenvalue weighted by molar-refractivity contribution is -0.120. The molecule has 0 bridgehead atoms. The number of fused-ring (bicyclic) bond motifs is 1. The SMILES string of the molecule is C=C/C=C\c1cc(-c2n[nH]c3ccc(-c4cncc(NC(=O)C5CCCCC5)c4)nc23)[nH]c1C. The molecule has 1 amide bonds. The number of carbonyl (C=O) groups is 1. The fraction of sp³-hybridized carbons (Fsp3) is 0.259. The fourth-order valence-electron chi connectivity index (χ4n) is 4.55. The predicted molar refractivity (Wildman–Crippen MR) is 136 cm³/mol. The van der Waals surface area contributed by atoms with E-state index >= 15 is 0 Å². The zero-order chi connectivity index (χ0) is 23.5. The van der Waals surface area contributed by atoms with E-state index in [4.69, 9.17) is 4.98 Å². The van der Waals surface area contributed by atoms with Crippen molar-refractivity contribution in [1.29, 1.82) is 0 Å². The summed E-state index contributed by atoms with van der Waals surface area (Å²) >= 11 is 0. The van der Waals surface area contributed by atoms with E-state index in [1.165, 1.54) is 6.42 Å². The van der Waals surface area contributed by atoms with Crippen molar-refractivity contribution in [2.24, 2.45) is 5.92 Å². The van der Waals surface area contributed by atoms with Crippen molar-refractivity contribution >= 4 is 28.7 Å². The maximum Gasteiger partial charge on any atom is 0.227 e. The van der Waals surface area contributed by atoms with Gasteiger partial charge in [-0.1, -0.05) is 44.1 Å². The van der Waals surface area contributed by atoms with Crippen molar-refractivity contribution in [3.8, 4) is 22.6 Å². The van der Waals surface area contributed by atoms with Crippen LogP contribution in [-0.4, -0.2) is 31.1 Å². The molecule has 0 unspecified atom stereocenters. The first-order valence-electron chi connectivity index (χ1n) is 11.7. The van der Waals surface area contributed by atoms with Crippen LogP contribution in [0.1, 0.15) is 43.4 Å². The number of aryl methyl sites for hydroxylation is 1. The molecule has 0 atom stereocenters. The number of H-pyrrole nitrogens is 2. The molecule has 1 saturated carbocycles. The summed E-state index contributed by atoms with van der Waals surface area (Å²) in [7, 11) is 0. The summed E-state index contributed by atoms with van der Waals surface area (Å²) in [4.78, 5) is 25.3. The molecular formula is C27H28N6O. The fourth-order valence-corrected chi connectivity index (χ4v) is 4.55. The Labute approximate surface area is 198 Å². The number of pyridine rings is 2. The van der Waals surface area contributed by atoms with Gasteiger partial charge in [0.15, 0.2) is 0 Å². The molecule has 4 aromatic heterocycles. The number of amides is 1. The number of allylic oxidation sites excluding steroid dienone is 2. The Morgan fingerprint density at radius 1 is 1.18 bits per heavy atom. The molecule has 172 valence electrons. The van der Waals surface area contributed by atoms with Gasteiger partial charge in [0.25, 0.3) is 0 Å². The molecule has 1 aliphatic carbocycles. The van der Waals surface area contributed by atoms with Gasteiger partial charge in [-0.25, -0.2) is 4.98 Å². The van der Waals surface area contributed by atoms with E-state index in [0.29, 0.717) is 5.69 Å². The van der Waals surface area contributed by atoms with E-state index in [0.717, 1.165) is 70.6 Å². The van der Waals surface area contributed by atoms with Gasteiger partial charge in [0.05, 0.1) is 28.8 Å². The Morgan fingerprint density at radius 2 is 2.03 bits per heavy atom. The van der Waals surface area contributed by atoms with Crippen LogP contribution in [0, 0.1) is 12.8 Å². The molecule has 0 radical (unpaired) electrons. The molecule has 4 heterocycles. The lowest BCUT2D eigenvalue weighted by Crippen LogP contribution is -2.24. The highest BCUT2D eigenvalue weighted by Gasteiger charge is 2.21. The molecule has 0 spiro atoms. The van der Waals surface area contributed by atoms with Crippen molar-refractivity contribution < 1.29 is 4.79 Å². The second-order valence-electron chi connectivity index (χ2n) is 8.81. The van der Waals surface area contributed by atoms with E-state index < -0.39 is 0 Å². The molecule has 5 rings (SSSR count). The standard InChI is InChI=1S/C27H28N6O/c1-3-4-8-19-14-24(29-17(19)2)26-25-23(32-33-26)12-11-22(31-25)20-13-21(16-28-15-20)30-27(34)18-9-6-5-7-10-18/h3-4,8,11-16,18,29H,1,5-7,9-10H2,2H3,(H,30,34)(H,32,33)/b8-4-. The minimum atomic E-state index is 0.0857. The van der Waals surface area contributed by atoms with Crippen LogP contribution in [-0.2, 0) is 4.79 Å². The van der Waals surface area contributed by atoms with Crippen LogP contribution in [0.25, 0.3) is 39.8 Å². The first-order chi connectivity index (χ1) is 16.6. The van der Waals surface area contributed by atoms with Gasteiger partial charge < -0.3 is 10.3 Å². The number of rotatable bonds is 6. The normalized spacial score (nSPS) is 14.6.